The molecule has 1 aromatic rings. The van der Waals surface area contributed by atoms with Crippen LogP contribution in [0.3, 0.4) is 0 Å². The smallest absolute Gasteiger partial charge is 0.149 e. The number of piperidine rings is 1. The topological polar surface area (TPSA) is 44.7 Å². The molecule has 0 radical (unpaired) electrons. The molecule has 1 unspecified atom stereocenters. The van der Waals surface area contributed by atoms with Crippen molar-refractivity contribution in [2.75, 3.05) is 39.3 Å². The van der Waals surface area contributed by atoms with E-state index >= 15 is 0 Å². The van der Waals surface area contributed by atoms with Gasteiger partial charge < -0.3 is 14.6 Å². The minimum Gasteiger partial charge on any atom is -0.481 e. The number of hydrogen-bond donors (Lipinski definition) is 3. The molecule has 2 aliphatic heterocycles. The molecule has 6 heteroatoms. The Balaban J connectivity index is 0.000000316. The highest BCUT2D eigenvalue weighted by Gasteiger charge is 2.07. The summed E-state index contributed by atoms with van der Waals surface area (Å²) in [7, 11) is 0. The van der Waals surface area contributed by atoms with Gasteiger partial charge in [0.1, 0.15) is 12.4 Å². The summed E-state index contributed by atoms with van der Waals surface area (Å²) in [6.07, 6.45) is 5.19. The summed E-state index contributed by atoms with van der Waals surface area (Å²) in [6, 6.07) is 7.32. The number of nitrogens with one attached hydrogen (secondary N) is 1. The van der Waals surface area contributed by atoms with Crippen molar-refractivity contribution in [2.24, 2.45) is 0 Å². The van der Waals surface area contributed by atoms with Crippen molar-refractivity contribution < 1.29 is 9.29 Å². The van der Waals surface area contributed by atoms with Crippen LogP contribution in [0.15, 0.2) is 29.2 Å². The predicted molar refractivity (Wildman–Crippen MR) is 109 cm³/mol. The SMILES string of the molecule is OSc1ccc(OCC#CCN2CCCCC2)cc1.SC1CCNC1. The van der Waals surface area contributed by atoms with E-state index in [-0.39, 0.29) is 0 Å². The fourth-order valence-electron chi connectivity index (χ4n) is 2.69. The van der Waals surface area contributed by atoms with Crippen LogP contribution in [0.5, 0.6) is 5.75 Å². The van der Waals surface area contributed by atoms with Crippen LogP contribution in [-0.2, 0) is 0 Å². The van der Waals surface area contributed by atoms with Gasteiger partial charge in [-0.25, -0.2) is 0 Å². The standard InChI is InChI=1S/C15H19NO2S.C4H9NS/c17-19-15-8-6-14(7-9-15)18-13-5-4-12-16-10-2-1-3-11-16;6-4-1-2-5-3-4/h6-9,17H,1-3,10-13H2;4-6H,1-3H2. The molecule has 2 fully saturated rings. The highest BCUT2D eigenvalue weighted by atomic mass is 32.2. The van der Waals surface area contributed by atoms with Gasteiger partial charge in [0.25, 0.3) is 0 Å². The number of ether oxygens (including phenoxy) is 1. The Bertz CT molecular complexity index is 531. The summed E-state index contributed by atoms with van der Waals surface area (Å²) in [4.78, 5) is 3.20. The first-order chi connectivity index (χ1) is 12.3. The maximum Gasteiger partial charge on any atom is 0.149 e. The Labute approximate surface area is 161 Å². The van der Waals surface area contributed by atoms with Gasteiger partial charge in [0.2, 0.25) is 0 Å². The third-order valence-corrected chi connectivity index (χ3v) is 5.07. The van der Waals surface area contributed by atoms with Gasteiger partial charge in [-0.15, -0.1) is 0 Å². The largest absolute Gasteiger partial charge is 0.481 e. The summed E-state index contributed by atoms with van der Waals surface area (Å²) < 4.78 is 14.4. The van der Waals surface area contributed by atoms with Crippen molar-refractivity contribution in [1.82, 2.24) is 10.2 Å². The van der Waals surface area contributed by atoms with Gasteiger partial charge in [-0.05, 0) is 63.2 Å². The Morgan fingerprint density at radius 1 is 1.20 bits per heavy atom. The molecule has 138 valence electrons. The fourth-order valence-corrected chi connectivity index (χ4v) is 3.21. The van der Waals surface area contributed by atoms with E-state index in [4.69, 9.17) is 9.29 Å². The zero-order valence-corrected chi connectivity index (χ0v) is 16.3. The third kappa shape index (κ3) is 8.89. The highest BCUT2D eigenvalue weighted by Crippen LogP contribution is 2.18. The van der Waals surface area contributed by atoms with Crippen LogP contribution in [0.4, 0.5) is 0 Å². The molecule has 2 aliphatic rings. The summed E-state index contributed by atoms with van der Waals surface area (Å²) in [5, 5.41) is 3.83. The maximum atomic E-state index is 8.85. The Kier molecular flexibility index (Phi) is 10.2. The number of rotatable bonds is 4. The van der Waals surface area contributed by atoms with Crippen LogP contribution in [0, 0.1) is 11.8 Å². The second-order valence-corrected chi connectivity index (χ2v) is 7.57. The number of likely N-dealkylation sites (tertiary alicyclic amines) is 1. The quantitative estimate of drug-likeness (QED) is 0.424. The van der Waals surface area contributed by atoms with Crippen molar-refractivity contribution in [2.45, 2.75) is 35.8 Å². The van der Waals surface area contributed by atoms with Crippen LogP contribution < -0.4 is 10.1 Å². The number of benzene rings is 1. The molecule has 0 bridgehead atoms. The van der Waals surface area contributed by atoms with Crippen molar-refractivity contribution in [1.29, 1.82) is 0 Å². The average Bonchev–Trinajstić information content (AvgIpc) is 3.14. The molecular weight excluding hydrogens is 352 g/mol. The maximum absolute atomic E-state index is 8.85. The van der Waals surface area contributed by atoms with Crippen molar-refractivity contribution in [3.63, 3.8) is 0 Å². The van der Waals surface area contributed by atoms with Crippen LogP contribution in [0.2, 0.25) is 0 Å². The molecule has 0 aromatic heterocycles. The van der Waals surface area contributed by atoms with E-state index in [1.807, 2.05) is 24.3 Å². The lowest BCUT2D eigenvalue weighted by Gasteiger charge is -2.23. The zero-order chi connectivity index (χ0) is 17.7. The monoisotopic (exact) mass is 380 g/mol. The van der Waals surface area contributed by atoms with Crippen molar-refractivity contribution in [3.8, 4) is 17.6 Å². The molecule has 3 rings (SSSR count). The average molecular weight is 381 g/mol. The van der Waals surface area contributed by atoms with E-state index in [9.17, 15) is 0 Å². The third-order valence-electron chi connectivity index (χ3n) is 4.15. The van der Waals surface area contributed by atoms with Crippen LogP contribution >= 0.6 is 24.7 Å². The summed E-state index contributed by atoms with van der Waals surface area (Å²) >= 11 is 4.97. The lowest BCUT2D eigenvalue weighted by atomic mass is 10.1. The molecule has 1 atom stereocenters. The van der Waals surface area contributed by atoms with Gasteiger partial charge in [0.15, 0.2) is 0 Å². The van der Waals surface area contributed by atoms with Gasteiger partial charge >= 0.3 is 0 Å². The van der Waals surface area contributed by atoms with E-state index in [1.165, 1.54) is 38.8 Å². The van der Waals surface area contributed by atoms with E-state index < -0.39 is 0 Å². The molecule has 2 N–H and O–H groups in total. The first-order valence-electron chi connectivity index (χ1n) is 8.89. The fraction of sp³-hybridized carbons (Fsp3) is 0.579. The Morgan fingerprint density at radius 2 is 1.96 bits per heavy atom. The number of hydrogen-bond acceptors (Lipinski definition) is 6. The Hall–Kier alpha value is -0.840. The molecule has 1 aromatic carbocycles. The molecule has 0 aliphatic carbocycles. The van der Waals surface area contributed by atoms with Crippen molar-refractivity contribution >= 4 is 24.7 Å². The second-order valence-electron chi connectivity index (χ2n) is 6.19. The highest BCUT2D eigenvalue weighted by molar-refractivity contribution is 7.93. The minimum atomic E-state index is 0.416. The van der Waals surface area contributed by atoms with E-state index in [1.54, 1.807) is 0 Å². The first kappa shape index (κ1) is 20.5. The molecule has 0 amide bonds. The normalized spacial score (nSPS) is 20.2. The van der Waals surface area contributed by atoms with Crippen molar-refractivity contribution in [3.05, 3.63) is 24.3 Å². The van der Waals surface area contributed by atoms with Crippen LogP contribution in [-0.4, -0.2) is 54.0 Å². The number of nitrogens with zero attached hydrogens (tertiary/aromatic N) is 1. The van der Waals surface area contributed by atoms with E-state index in [2.05, 4.69) is 34.7 Å². The summed E-state index contributed by atoms with van der Waals surface area (Å²) in [6.45, 7) is 5.88. The first-order valence-corrected chi connectivity index (χ1v) is 10.2. The van der Waals surface area contributed by atoms with E-state index in [0.717, 1.165) is 42.3 Å². The van der Waals surface area contributed by atoms with Gasteiger partial charge in [0, 0.05) is 28.7 Å². The molecular formula is C19H28N2O2S2. The second kappa shape index (κ2) is 12.5. The number of thiol groups is 1. The molecule has 0 saturated carbocycles. The van der Waals surface area contributed by atoms with Gasteiger partial charge in [-0.2, -0.15) is 12.6 Å². The molecule has 0 spiro atoms. The minimum absolute atomic E-state index is 0.416. The van der Waals surface area contributed by atoms with Gasteiger partial charge in [-0.1, -0.05) is 18.3 Å². The van der Waals surface area contributed by atoms with Gasteiger partial charge in [-0.3, -0.25) is 4.90 Å². The lowest BCUT2D eigenvalue weighted by Crippen LogP contribution is -2.29. The molecule has 25 heavy (non-hydrogen) atoms. The zero-order valence-electron chi connectivity index (χ0n) is 14.6. The van der Waals surface area contributed by atoms with Crippen LogP contribution in [0.25, 0.3) is 0 Å². The lowest BCUT2D eigenvalue weighted by molar-refractivity contribution is 0.255. The molecule has 4 nitrogen and oxygen atoms in total. The molecule has 2 saturated heterocycles. The predicted octanol–water partition coefficient (Wildman–Crippen LogP) is 3.40. The summed E-state index contributed by atoms with van der Waals surface area (Å²) in [5.74, 6) is 6.98. The van der Waals surface area contributed by atoms with Crippen LogP contribution in [0.1, 0.15) is 25.7 Å². The van der Waals surface area contributed by atoms with E-state index in [0.29, 0.717) is 11.9 Å². The van der Waals surface area contributed by atoms with Gasteiger partial charge in [0.05, 0.1) is 6.54 Å². The molecule has 2 heterocycles. The summed E-state index contributed by atoms with van der Waals surface area (Å²) in [5.41, 5.74) is 0. The Morgan fingerprint density at radius 3 is 2.52 bits per heavy atom.